The third-order valence-electron chi connectivity index (χ3n) is 4.06. The van der Waals surface area contributed by atoms with Gasteiger partial charge in [-0.3, -0.25) is 4.90 Å². The maximum absolute atomic E-state index is 9.70. The van der Waals surface area contributed by atoms with Crippen molar-refractivity contribution in [1.82, 2.24) is 4.90 Å². The molecule has 100 valence electrons. The van der Waals surface area contributed by atoms with Crippen molar-refractivity contribution >= 4 is 0 Å². The van der Waals surface area contributed by atoms with Crippen LogP contribution in [0.4, 0.5) is 0 Å². The zero-order valence-corrected chi connectivity index (χ0v) is 11.2. The lowest BCUT2D eigenvalue weighted by Gasteiger charge is -2.40. The molecule has 0 spiro atoms. The van der Waals surface area contributed by atoms with Gasteiger partial charge in [-0.25, -0.2) is 0 Å². The molecule has 0 bridgehead atoms. The van der Waals surface area contributed by atoms with E-state index >= 15 is 0 Å². The van der Waals surface area contributed by atoms with Crippen molar-refractivity contribution in [3.05, 3.63) is 35.9 Å². The molecule has 2 unspecified atom stereocenters. The lowest BCUT2D eigenvalue weighted by Crippen LogP contribution is -2.53. The van der Waals surface area contributed by atoms with E-state index in [1.165, 1.54) is 19.3 Å². The average molecular weight is 248 g/mol. The van der Waals surface area contributed by atoms with Gasteiger partial charge in [0.1, 0.15) is 0 Å². The zero-order valence-electron chi connectivity index (χ0n) is 11.2. The quantitative estimate of drug-likeness (QED) is 0.853. The number of piperidine rings is 1. The molecule has 0 radical (unpaired) electrons. The molecule has 0 aromatic heterocycles. The predicted molar refractivity (Wildman–Crippen MR) is 74.3 cm³/mol. The maximum Gasteiger partial charge on any atom is 0.0773 e. The Labute approximate surface area is 110 Å². The van der Waals surface area contributed by atoms with Crippen LogP contribution in [0.5, 0.6) is 0 Å². The summed E-state index contributed by atoms with van der Waals surface area (Å²) in [5.41, 5.74) is 6.79. The van der Waals surface area contributed by atoms with Gasteiger partial charge in [0.05, 0.1) is 12.1 Å². The van der Waals surface area contributed by atoms with E-state index in [1.807, 2.05) is 30.3 Å². The van der Waals surface area contributed by atoms with Gasteiger partial charge in [-0.1, -0.05) is 36.8 Å². The predicted octanol–water partition coefficient (Wildman–Crippen LogP) is 1.71. The first-order valence-electron chi connectivity index (χ1n) is 6.85. The molecule has 1 heterocycles. The molecular formula is C15H24N2O. The minimum Gasteiger partial charge on any atom is -0.394 e. The van der Waals surface area contributed by atoms with Crippen LogP contribution in [-0.2, 0) is 5.54 Å². The number of benzene rings is 1. The van der Waals surface area contributed by atoms with Crippen molar-refractivity contribution in [1.29, 1.82) is 0 Å². The second kappa shape index (κ2) is 5.83. The molecule has 0 aliphatic carbocycles. The van der Waals surface area contributed by atoms with Crippen molar-refractivity contribution in [2.75, 3.05) is 19.7 Å². The van der Waals surface area contributed by atoms with Crippen LogP contribution in [0, 0.1) is 0 Å². The molecule has 1 aromatic carbocycles. The van der Waals surface area contributed by atoms with E-state index in [1.54, 1.807) is 0 Å². The fourth-order valence-electron chi connectivity index (χ4n) is 2.76. The van der Waals surface area contributed by atoms with Gasteiger partial charge in [0, 0.05) is 12.6 Å². The van der Waals surface area contributed by atoms with Gasteiger partial charge in [-0.15, -0.1) is 0 Å². The molecule has 3 nitrogen and oxygen atoms in total. The van der Waals surface area contributed by atoms with E-state index in [2.05, 4.69) is 11.8 Å². The van der Waals surface area contributed by atoms with E-state index in [0.29, 0.717) is 6.04 Å². The largest absolute Gasteiger partial charge is 0.394 e. The highest BCUT2D eigenvalue weighted by molar-refractivity contribution is 5.24. The SMILES string of the molecule is CC1CCCCN1CC(N)(CO)c1ccccc1. The molecule has 3 N–H and O–H groups in total. The number of aliphatic hydroxyl groups is 1. The van der Waals surface area contributed by atoms with Crippen LogP contribution in [0.15, 0.2) is 30.3 Å². The number of hydrogen-bond donors (Lipinski definition) is 2. The van der Waals surface area contributed by atoms with Gasteiger partial charge in [-0.05, 0) is 31.9 Å². The summed E-state index contributed by atoms with van der Waals surface area (Å²) in [6.07, 6.45) is 3.77. The summed E-state index contributed by atoms with van der Waals surface area (Å²) in [7, 11) is 0. The molecule has 2 rings (SSSR count). The minimum absolute atomic E-state index is 0.0137. The number of aliphatic hydroxyl groups excluding tert-OH is 1. The molecule has 0 amide bonds. The lowest BCUT2D eigenvalue weighted by molar-refractivity contribution is 0.0905. The molecule has 1 saturated heterocycles. The first-order valence-corrected chi connectivity index (χ1v) is 6.85. The number of nitrogens with zero attached hydrogens (tertiary/aromatic N) is 1. The van der Waals surface area contributed by atoms with Crippen molar-refractivity contribution in [2.45, 2.75) is 37.8 Å². The molecule has 1 aliphatic rings. The maximum atomic E-state index is 9.70. The molecule has 18 heavy (non-hydrogen) atoms. The van der Waals surface area contributed by atoms with Crippen molar-refractivity contribution in [3.63, 3.8) is 0 Å². The van der Waals surface area contributed by atoms with E-state index in [0.717, 1.165) is 18.7 Å². The Bertz CT molecular complexity index is 368. The molecule has 1 aliphatic heterocycles. The summed E-state index contributed by atoms with van der Waals surface area (Å²) in [5, 5.41) is 9.70. The van der Waals surface area contributed by atoms with Crippen LogP contribution in [0.1, 0.15) is 31.7 Å². The highest BCUT2D eigenvalue weighted by Gasteiger charge is 2.31. The first-order chi connectivity index (χ1) is 8.65. The Morgan fingerprint density at radius 3 is 2.67 bits per heavy atom. The number of nitrogens with two attached hydrogens (primary N) is 1. The molecular weight excluding hydrogens is 224 g/mol. The zero-order chi connectivity index (χ0) is 13.0. The van der Waals surface area contributed by atoms with Crippen LogP contribution < -0.4 is 5.73 Å². The summed E-state index contributed by atoms with van der Waals surface area (Å²) < 4.78 is 0. The van der Waals surface area contributed by atoms with E-state index < -0.39 is 5.54 Å². The highest BCUT2D eigenvalue weighted by atomic mass is 16.3. The molecule has 2 atom stereocenters. The Hall–Kier alpha value is -0.900. The van der Waals surface area contributed by atoms with Crippen LogP contribution in [-0.4, -0.2) is 35.7 Å². The Morgan fingerprint density at radius 2 is 2.06 bits per heavy atom. The molecule has 3 heteroatoms. The monoisotopic (exact) mass is 248 g/mol. The third-order valence-corrected chi connectivity index (χ3v) is 4.06. The summed E-state index contributed by atoms with van der Waals surface area (Å²) >= 11 is 0. The van der Waals surface area contributed by atoms with Gasteiger partial charge in [0.2, 0.25) is 0 Å². The number of hydrogen-bond acceptors (Lipinski definition) is 3. The Balaban J connectivity index is 2.12. The first kappa shape index (κ1) is 13.5. The average Bonchev–Trinajstić information content (AvgIpc) is 2.42. The van der Waals surface area contributed by atoms with Crippen LogP contribution >= 0.6 is 0 Å². The fourth-order valence-corrected chi connectivity index (χ4v) is 2.76. The summed E-state index contributed by atoms with van der Waals surface area (Å²) in [6, 6.07) is 10.5. The highest BCUT2D eigenvalue weighted by Crippen LogP contribution is 2.24. The van der Waals surface area contributed by atoms with E-state index in [-0.39, 0.29) is 6.61 Å². The number of rotatable bonds is 4. The van der Waals surface area contributed by atoms with Crippen LogP contribution in [0.3, 0.4) is 0 Å². The second-order valence-corrected chi connectivity index (χ2v) is 5.50. The Morgan fingerprint density at radius 1 is 1.33 bits per heavy atom. The topological polar surface area (TPSA) is 49.5 Å². The molecule has 0 saturated carbocycles. The molecule has 1 fully saturated rings. The smallest absolute Gasteiger partial charge is 0.0773 e. The van der Waals surface area contributed by atoms with Crippen LogP contribution in [0.25, 0.3) is 0 Å². The van der Waals surface area contributed by atoms with Crippen molar-refractivity contribution in [2.24, 2.45) is 5.73 Å². The van der Waals surface area contributed by atoms with Gasteiger partial charge in [0.25, 0.3) is 0 Å². The van der Waals surface area contributed by atoms with Gasteiger partial charge in [0.15, 0.2) is 0 Å². The Kier molecular flexibility index (Phi) is 4.38. The minimum atomic E-state index is -0.646. The van der Waals surface area contributed by atoms with Crippen LogP contribution in [0.2, 0.25) is 0 Å². The van der Waals surface area contributed by atoms with E-state index in [4.69, 9.17) is 5.73 Å². The summed E-state index contributed by atoms with van der Waals surface area (Å²) in [6.45, 7) is 4.06. The van der Waals surface area contributed by atoms with Crippen molar-refractivity contribution in [3.8, 4) is 0 Å². The van der Waals surface area contributed by atoms with Gasteiger partial charge in [-0.2, -0.15) is 0 Å². The third kappa shape index (κ3) is 2.91. The summed E-state index contributed by atoms with van der Waals surface area (Å²) in [4.78, 5) is 2.41. The van der Waals surface area contributed by atoms with Crippen molar-refractivity contribution < 1.29 is 5.11 Å². The standard InChI is InChI=1S/C15H24N2O/c1-13-7-5-6-10-17(13)11-15(16,12-18)14-8-3-2-4-9-14/h2-4,8-9,13,18H,5-7,10-12,16H2,1H3. The fraction of sp³-hybridized carbons (Fsp3) is 0.600. The van der Waals surface area contributed by atoms with Gasteiger partial charge >= 0.3 is 0 Å². The molecule has 1 aromatic rings. The lowest BCUT2D eigenvalue weighted by atomic mass is 9.89. The number of likely N-dealkylation sites (tertiary alicyclic amines) is 1. The summed E-state index contributed by atoms with van der Waals surface area (Å²) in [5.74, 6) is 0. The normalized spacial score (nSPS) is 24.7. The van der Waals surface area contributed by atoms with E-state index in [9.17, 15) is 5.11 Å². The van der Waals surface area contributed by atoms with Gasteiger partial charge < -0.3 is 10.8 Å². The second-order valence-electron chi connectivity index (χ2n) is 5.50.